The van der Waals surface area contributed by atoms with Crippen LogP contribution in [0.2, 0.25) is 0 Å². The molecule has 0 atom stereocenters. The maximum atomic E-state index is 5.68. The summed E-state index contributed by atoms with van der Waals surface area (Å²) >= 11 is 2.39. The van der Waals surface area contributed by atoms with Gasteiger partial charge >= 0.3 is 16.6 Å². The first-order valence-electron chi connectivity index (χ1n) is 8.94. The van der Waals surface area contributed by atoms with Crippen molar-refractivity contribution in [3.8, 4) is 17.0 Å². The summed E-state index contributed by atoms with van der Waals surface area (Å²) < 4.78 is 5.68. The zero-order chi connectivity index (χ0) is 18.3. The van der Waals surface area contributed by atoms with E-state index in [1.807, 2.05) is 12.3 Å². The Kier molecular flexibility index (Phi) is 3.98. The fourth-order valence-corrected chi connectivity index (χ4v) is 9.71. The summed E-state index contributed by atoms with van der Waals surface area (Å²) in [5.74, 6) is 0.860. The number of nitrogens with zero attached hydrogens (tertiary/aromatic N) is 1. The molecule has 4 aromatic rings. The lowest BCUT2D eigenvalue weighted by atomic mass is 10.1. The average molecular weight is 377 g/mol. The third-order valence-corrected chi connectivity index (χ3v) is 10.5. The van der Waals surface area contributed by atoms with E-state index >= 15 is 0 Å². The number of hydrogen-bond acceptors (Lipinski definition) is 2. The van der Waals surface area contributed by atoms with Gasteiger partial charge in [0.25, 0.3) is 0 Å². The molecule has 2 nitrogen and oxygen atoms in total. The van der Waals surface area contributed by atoms with Crippen molar-refractivity contribution in [2.45, 2.75) is 0 Å². The second kappa shape index (κ2) is 6.51. The maximum Gasteiger partial charge on any atom is 0.482 e. The first-order chi connectivity index (χ1) is 13.4. The van der Waals surface area contributed by atoms with E-state index in [0.29, 0.717) is 0 Å². The van der Waals surface area contributed by atoms with Gasteiger partial charge in [0.15, 0.2) is 8.07 Å². The molecule has 0 spiro atoms. The minimum Gasteiger partial charge on any atom is -0.653 e. The van der Waals surface area contributed by atoms with Crippen molar-refractivity contribution >= 4 is 45.4 Å². The van der Waals surface area contributed by atoms with E-state index in [1.165, 1.54) is 20.7 Å². The summed E-state index contributed by atoms with van der Waals surface area (Å²) in [5, 5.41) is 5.40. The number of aromatic nitrogens is 1. The van der Waals surface area contributed by atoms with Crippen molar-refractivity contribution in [1.82, 2.24) is 4.98 Å². The van der Waals surface area contributed by atoms with Crippen LogP contribution in [-0.4, -0.2) is 29.7 Å². The van der Waals surface area contributed by atoms with Gasteiger partial charge in [-0.05, 0) is 32.9 Å². The molecule has 0 fully saturated rings. The molecule has 1 aliphatic rings. The number of fused-ring (bicyclic) bond motifs is 3. The lowest BCUT2D eigenvalue weighted by Gasteiger charge is -2.31. The van der Waals surface area contributed by atoms with Gasteiger partial charge in [-0.3, -0.25) is 4.98 Å². The van der Waals surface area contributed by atoms with E-state index in [1.54, 1.807) is 0 Å². The molecule has 0 unspecified atom stereocenters. The Hall–Kier alpha value is -2.64. The van der Waals surface area contributed by atoms with Crippen molar-refractivity contribution in [3.63, 3.8) is 0 Å². The van der Waals surface area contributed by atoms with Crippen LogP contribution in [-0.2, 0) is 0 Å². The zero-order valence-electron chi connectivity index (χ0n) is 14.7. The third kappa shape index (κ3) is 2.28. The van der Waals surface area contributed by atoms with E-state index in [-0.39, 0.29) is 0 Å². The van der Waals surface area contributed by atoms with Crippen LogP contribution in [0.5, 0.6) is 5.75 Å². The molecule has 0 saturated carbocycles. The quantitative estimate of drug-likeness (QED) is 0.448. The predicted molar refractivity (Wildman–Crippen MR) is 113 cm³/mol. The average Bonchev–Trinajstić information content (AvgIpc) is 3.06. The maximum absolute atomic E-state index is 5.68. The molecule has 0 N–H and O–H groups in total. The molecule has 2 heterocycles. The van der Waals surface area contributed by atoms with E-state index in [4.69, 9.17) is 8.77 Å². The molecule has 0 bridgehead atoms. The molecule has 1 aromatic heterocycles. The molecular formula is C23H16AlNOSi. The Morgan fingerprint density at radius 3 is 1.93 bits per heavy atom. The Morgan fingerprint density at radius 1 is 0.667 bits per heavy atom. The Bertz CT molecular complexity index is 1080. The van der Waals surface area contributed by atoms with E-state index < -0.39 is 8.07 Å². The van der Waals surface area contributed by atoms with Crippen LogP contribution in [0.1, 0.15) is 0 Å². The topological polar surface area (TPSA) is 22.1 Å². The zero-order valence-corrected chi connectivity index (χ0v) is 16.8. The second-order valence-corrected chi connectivity index (χ2v) is 10.6. The summed E-state index contributed by atoms with van der Waals surface area (Å²) in [6, 6.07) is 32.4. The van der Waals surface area contributed by atoms with Crippen LogP contribution in [0.3, 0.4) is 0 Å². The molecule has 2 radical (unpaired) electrons. The first kappa shape index (κ1) is 16.5. The third-order valence-electron chi connectivity index (χ3n) is 5.42. The van der Waals surface area contributed by atoms with E-state index in [9.17, 15) is 0 Å². The van der Waals surface area contributed by atoms with E-state index in [0.717, 1.165) is 17.0 Å². The SMILES string of the molecule is [Al][O]c1cccc2c1-c1ncccc1[Si]2(c1ccccc1)c1ccccc1. The molecule has 3 aromatic carbocycles. The summed E-state index contributed by atoms with van der Waals surface area (Å²) in [7, 11) is -2.43. The lowest BCUT2D eigenvalue weighted by molar-refractivity contribution is 0.619. The van der Waals surface area contributed by atoms with Gasteiger partial charge in [0.1, 0.15) is 0 Å². The van der Waals surface area contributed by atoms with Gasteiger partial charge in [-0.25, -0.2) is 0 Å². The van der Waals surface area contributed by atoms with Gasteiger partial charge in [-0.15, -0.1) is 0 Å². The van der Waals surface area contributed by atoms with Crippen molar-refractivity contribution in [2.75, 3.05) is 0 Å². The fourth-order valence-electron chi connectivity index (χ4n) is 4.40. The standard InChI is InChI=1S/C23H17NOSi.Al/c25-19-13-7-14-20-22(19)23-21(15-8-16-24-23)26(20,17-9-3-1-4-10-17)18-11-5-2-6-12-18;/h1-16,25H;/q;+1/p-1. The Labute approximate surface area is 168 Å². The molecule has 1 aliphatic heterocycles. The second-order valence-electron chi connectivity index (χ2n) is 6.68. The highest BCUT2D eigenvalue weighted by atomic mass is 28.3. The van der Waals surface area contributed by atoms with Crippen LogP contribution in [0.25, 0.3) is 11.3 Å². The fraction of sp³-hybridized carbons (Fsp3) is 0. The highest BCUT2D eigenvalue weighted by Gasteiger charge is 2.50. The summed E-state index contributed by atoms with van der Waals surface area (Å²) in [4.78, 5) is 4.80. The van der Waals surface area contributed by atoms with Crippen molar-refractivity contribution in [3.05, 3.63) is 97.2 Å². The van der Waals surface area contributed by atoms with Gasteiger partial charge in [-0.1, -0.05) is 78.9 Å². The Balaban J connectivity index is 1.99. The minimum absolute atomic E-state index is 0.860. The summed E-state index contributed by atoms with van der Waals surface area (Å²) in [5.41, 5.74) is 2.17. The van der Waals surface area contributed by atoms with Crippen molar-refractivity contribution in [2.24, 2.45) is 0 Å². The van der Waals surface area contributed by atoms with Gasteiger partial charge in [0.05, 0.1) is 11.4 Å². The highest BCUT2D eigenvalue weighted by molar-refractivity contribution is 7.22. The molecule has 0 aliphatic carbocycles. The van der Waals surface area contributed by atoms with Crippen LogP contribution >= 0.6 is 0 Å². The molecule has 0 saturated heterocycles. The molecule has 4 heteroatoms. The van der Waals surface area contributed by atoms with Gasteiger partial charge in [-0.2, -0.15) is 0 Å². The van der Waals surface area contributed by atoms with Crippen LogP contribution < -0.4 is 24.5 Å². The number of pyridine rings is 1. The van der Waals surface area contributed by atoms with Crippen molar-refractivity contribution in [1.29, 1.82) is 0 Å². The van der Waals surface area contributed by atoms with Gasteiger partial charge < -0.3 is 3.79 Å². The van der Waals surface area contributed by atoms with Gasteiger partial charge in [0.2, 0.25) is 0 Å². The molecule has 0 amide bonds. The molecule has 27 heavy (non-hydrogen) atoms. The Morgan fingerprint density at radius 2 is 1.30 bits per heavy atom. The molecule has 5 rings (SSSR count). The van der Waals surface area contributed by atoms with Crippen LogP contribution in [0, 0.1) is 0 Å². The van der Waals surface area contributed by atoms with Crippen LogP contribution in [0.4, 0.5) is 0 Å². The van der Waals surface area contributed by atoms with E-state index in [2.05, 4.69) is 102 Å². The summed E-state index contributed by atoms with van der Waals surface area (Å²) in [6.07, 6.45) is 1.88. The lowest BCUT2D eigenvalue weighted by Crippen LogP contribution is -2.72. The van der Waals surface area contributed by atoms with Crippen LogP contribution in [0.15, 0.2) is 97.2 Å². The smallest absolute Gasteiger partial charge is 0.482 e. The number of hydrogen-bond donors (Lipinski definition) is 0. The molecular weight excluding hydrogens is 361 g/mol. The first-order valence-corrected chi connectivity index (χ1v) is 11.4. The minimum atomic E-state index is -2.43. The largest absolute Gasteiger partial charge is 0.653 e. The number of rotatable bonds is 3. The van der Waals surface area contributed by atoms with Crippen molar-refractivity contribution < 1.29 is 3.79 Å². The predicted octanol–water partition coefficient (Wildman–Crippen LogP) is 1.90. The highest BCUT2D eigenvalue weighted by Crippen LogP contribution is 2.33. The number of benzene rings is 3. The monoisotopic (exact) mass is 377 g/mol. The summed E-state index contributed by atoms with van der Waals surface area (Å²) in [6.45, 7) is 0. The van der Waals surface area contributed by atoms with Gasteiger partial charge in [0, 0.05) is 11.8 Å². The normalized spacial score (nSPS) is 13.6. The molecule has 126 valence electrons.